The first kappa shape index (κ1) is 15.9. The third kappa shape index (κ3) is 3.39. The van der Waals surface area contributed by atoms with Gasteiger partial charge in [0.2, 0.25) is 0 Å². The van der Waals surface area contributed by atoms with Gasteiger partial charge in [-0.05, 0) is 57.7 Å². The van der Waals surface area contributed by atoms with E-state index in [1.54, 1.807) is 0 Å². The van der Waals surface area contributed by atoms with E-state index in [9.17, 15) is 5.26 Å². The van der Waals surface area contributed by atoms with Crippen molar-refractivity contribution in [3.63, 3.8) is 0 Å². The zero-order valence-corrected chi connectivity index (χ0v) is 13.5. The second kappa shape index (κ2) is 6.95. The maximum atomic E-state index is 9.64. The maximum absolute atomic E-state index is 9.64. The van der Waals surface area contributed by atoms with Gasteiger partial charge in [0.1, 0.15) is 5.54 Å². The number of nitriles is 1. The minimum atomic E-state index is -0.340. The highest BCUT2D eigenvalue weighted by Crippen LogP contribution is 2.34. The van der Waals surface area contributed by atoms with Gasteiger partial charge in [0.05, 0.1) is 6.07 Å². The molecule has 1 saturated carbocycles. The molecular weight excluding hydrogens is 258 g/mol. The summed E-state index contributed by atoms with van der Waals surface area (Å²) in [6.07, 6.45) is 4.18. The molecule has 114 valence electrons. The Morgan fingerprint density at radius 1 is 1.38 bits per heavy atom. The van der Waals surface area contributed by atoms with Crippen molar-refractivity contribution in [2.75, 3.05) is 18.0 Å². The van der Waals surface area contributed by atoms with E-state index in [0.717, 1.165) is 32.4 Å². The number of nitrogens with zero attached hydrogens (tertiary/aromatic N) is 2. The van der Waals surface area contributed by atoms with E-state index >= 15 is 0 Å². The molecule has 0 aromatic heterocycles. The first-order valence-electron chi connectivity index (χ1n) is 8.14. The van der Waals surface area contributed by atoms with Gasteiger partial charge >= 0.3 is 0 Å². The first-order valence-corrected chi connectivity index (χ1v) is 8.14. The summed E-state index contributed by atoms with van der Waals surface area (Å²) in [6.45, 7) is 8.31. The van der Waals surface area contributed by atoms with E-state index < -0.39 is 0 Å². The molecule has 1 N–H and O–H groups in total. The quantitative estimate of drug-likeness (QED) is 0.898. The van der Waals surface area contributed by atoms with Crippen molar-refractivity contribution in [1.82, 2.24) is 5.32 Å². The molecule has 0 aliphatic heterocycles. The summed E-state index contributed by atoms with van der Waals surface area (Å²) in [5.74, 6) is 0. The maximum Gasteiger partial charge on any atom is 0.108 e. The molecule has 3 nitrogen and oxygen atoms in total. The summed E-state index contributed by atoms with van der Waals surface area (Å²) < 4.78 is 0. The molecule has 1 aliphatic carbocycles. The van der Waals surface area contributed by atoms with Gasteiger partial charge < -0.3 is 4.90 Å². The molecule has 0 bridgehead atoms. The molecule has 2 atom stereocenters. The second-order valence-electron chi connectivity index (χ2n) is 6.05. The smallest absolute Gasteiger partial charge is 0.108 e. The minimum Gasteiger partial charge on any atom is -0.369 e. The summed E-state index contributed by atoms with van der Waals surface area (Å²) in [4.78, 5) is 2.48. The fourth-order valence-corrected chi connectivity index (χ4v) is 3.66. The molecule has 0 heterocycles. The Bertz CT molecular complexity index is 501. The zero-order valence-electron chi connectivity index (χ0n) is 13.5. The number of benzene rings is 1. The van der Waals surface area contributed by atoms with E-state index in [4.69, 9.17) is 0 Å². The monoisotopic (exact) mass is 285 g/mol. The van der Waals surface area contributed by atoms with Gasteiger partial charge in [-0.15, -0.1) is 0 Å². The number of hydrogen-bond donors (Lipinski definition) is 1. The number of rotatable bonds is 5. The summed E-state index contributed by atoms with van der Waals surface area (Å²) in [5.41, 5.74) is 2.29. The number of aryl methyl sites for hydroxylation is 1. The fraction of sp³-hybridized carbons (Fsp3) is 0.611. The van der Waals surface area contributed by atoms with Crippen LogP contribution in [0.15, 0.2) is 24.3 Å². The van der Waals surface area contributed by atoms with Crippen LogP contribution in [0.2, 0.25) is 0 Å². The molecule has 0 saturated heterocycles. The molecule has 1 fully saturated rings. The summed E-state index contributed by atoms with van der Waals surface area (Å²) in [7, 11) is 0. The SMILES string of the molecule is CCNC1(C#N)CCCC(N(CC)c2ccccc2C)C1. The van der Waals surface area contributed by atoms with Crippen molar-refractivity contribution < 1.29 is 0 Å². The topological polar surface area (TPSA) is 39.1 Å². The van der Waals surface area contributed by atoms with Crippen molar-refractivity contribution in [2.45, 2.75) is 58.0 Å². The summed E-state index contributed by atoms with van der Waals surface area (Å²) in [6, 6.07) is 11.6. The van der Waals surface area contributed by atoms with Crippen LogP contribution in [-0.2, 0) is 0 Å². The van der Waals surface area contributed by atoms with Crippen LogP contribution in [0.25, 0.3) is 0 Å². The predicted molar refractivity (Wildman–Crippen MR) is 88.5 cm³/mol. The number of nitrogens with one attached hydrogen (secondary N) is 1. The van der Waals surface area contributed by atoms with E-state index in [0.29, 0.717) is 6.04 Å². The Morgan fingerprint density at radius 2 is 2.14 bits per heavy atom. The predicted octanol–water partition coefficient (Wildman–Crippen LogP) is 3.64. The van der Waals surface area contributed by atoms with Crippen LogP contribution >= 0.6 is 0 Å². The molecule has 3 heteroatoms. The largest absolute Gasteiger partial charge is 0.369 e. The van der Waals surface area contributed by atoms with Gasteiger partial charge in [-0.3, -0.25) is 5.32 Å². The van der Waals surface area contributed by atoms with Gasteiger partial charge in [-0.2, -0.15) is 5.26 Å². The van der Waals surface area contributed by atoms with Crippen LogP contribution in [0.1, 0.15) is 45.1 Å². The average molecular weight is 285 g/mol. The summed E-state index contributed by atoms with van der Waals surface area (Å²) in [5, 5.41) is 13.1. The highest BCUT2D eigenvalue weighted by Gasteiger charge is 2.38. The number of para-hydroxylation sites is 1. The van der Waals surface area contributed by atoms with Crippen molar-refractivity contribution >= 4 is 5.69 Å². The van der Waals surface area contributed by atoms with Gasteiger partial charge in [-0.25, -0.2) is 0 Å². The van der Waals surface area contributed by atoms with Crippen LogP contribution in [0.3, 0.4) is 0 Å². The molecule has 2 rings (SSSR count). The van der Waals surface area contributed by atoms with E-state index in [1.165, 1.54) is 17.7 Å². The van der Waals surface area contributed by atoms with Crippen LogP contribution in [0.4, 0.5) is 5.69 Å². The molecule has 0 radical (unpaired) electrons. The van der Waals surface area contributed by atoms with Crippen LogP contribution in [-0.4, -0.2) is 24.7 Å². The van der Waals surface area contributed by atoms with Gasteiger partial charge in [0, 0.05) is 18.3 Å². The lowest BCUT2D eigenvalue weighted by molar-refractivity contribution is 0.269. The lowest BCUT2D eigenvalue weighted by Gasteiger charge is -2.42. The minimum absolute atomic E-state index is 0.340. The van der Waals surface area contributed by atoms with E-state index in [1.807, 2.05) is 0 Å². The molecule has 1 aromatic carbocycles. The van der Waals surface area contributed by atoms with Gasteiger partial charge in [0.15, 0.2) is 0 Å². The molecule has 1 aliphatic rings. The molecular formula is C18H27N3. The van der Waals surface area contributed by atoms with Crippen LogP contribution in [0, 0.1) is 18.3 Å². The Balaban J connectivity index is 2.23. The van der Waals surface area contributed by atoms with Crippen molar-refractivity contribution in [1.29, 1.82) is 5.26 Å². The average Bonchev–Trinajstić information content (AvgIpc) is 2.50. The van der Waals surface area contributed by atoms with Gasteiger partial charge in [0.25, 0.3) is 0 Å². The van der Waals surface area contributed by atoms with Crippen LogP contribution in [0.5, 0.6) is 0 Å². The van der Waals surface area contributed by atoms with Crippen LogP contribution < -0.4 is 10.2 Å². The molecule has 1 aromatic rings. The Hall–Kier alpha value is -1.53. The lowest BCUT2D eigenvalue weighted by Crippen LogP contribution is -2.53. The van der Waals surface area contributed by atoms with E-state index in [2.05, 4.69) is 61.3 Å². The Kier molecular flexibility index (Phi) is 5.25. The molecule has 21 heavy (non-hydrogen) atoms. The van der Waals surface area contributed by atoms with Gasteiger partial charge in [-0.1, -0.05) is 25.1 Å². The highest BCUT2D eigenvalue weighted by atomic mass is 15.2. The van der Waals surface area contributed by atoms with Crippen molar-refractivity contribution in [3.8, 4) is 6.07 Å². The third-order valence-corrected chi connectivity index (χ3v) is 4.66. The molecule has 2 unspecified atom stereocenters. The normalized spacial score (nSPS) is 25.3. The number of anilines is 1. The third-order valence-electron chi connectivity index (χ3n) is 4.66. The summed E-state index contributed by atoms with van der Waals surface area (Å²) >= 11 is 0. The second-order valence-corrected chi connectivity index (χ2v) is 6.05. The number of hydrogen-bond acceptors (Lipinski definition) is 3. The Labute approximate surface area is 129 Å². The fourth-order valence-electron chi connectivity index (χ4n) is 3.66. The van der Waals surface area contributed by atoms with Crippen molar-refractivity contribution in [2.24, 2.45) is 0 Å². The van der Waals surface area contributed by atoms with Crippen molar-refractivity contribution in [3.05, 3.63) is 29.8 Å². The molecule has 0 spiro atoms. The first-order chi connectivity index (χ1) is 10.2. The molecule has 0 amide bonds. The van der Waals surface area contributed by atoms with E-state index in [-0.39, 0.29) is 5.54 Å². The highest BCUT2D eigenvalue weighted by molar-refractivity contribution is 5.54. The zero-order chi connectivity index (χ0) is 15.3. The Morgan fingerprint density at radius 3 is 2.76 bits per heavy atom. The standard InChI is InChI=1S/C18H27N3/c1-4-20-18(14-19)12-8-10-16(13-18)21(5-2)17-11-7-6-9-15(17)3/h6-7,9,11,16,20H,4-5,8,10,12-13H2,1-3H3. The lowest BCUT2D eigenvalue weighted by atomic mass is 9.79.